The van der Waals surface area contributed by atoms with E-state index in [1.54, 1.807) is 0 Å². The molecule has 0 aromatic heterocycles. The molecule has 0 spiro atoms. The van der Waals surface area contributed by atoms with E-state index in [0.29, 0.717) is 6.42 Å². The number of hydrogen-bond donors (Lipinski definition) is 1. The molecule has 0 aromatic rings. The van der Waals surface area contributed by atoms with Crippen LogP contribution in [0.4, 0.5) is 0 Å². The van der Waals surface area contributed by atoms with Gasteiger partial charge in [0.05, 0.1) is 23.5 Å². The molecule has 0 bridgehead atoms. The molecule has 1 N–H and O–H groups in total. The van der Waals surface area contributed by atoms with E-state index in [1.165, 1.54) is 128 Å². The van der Waals surface area contributed by atoms with Gasteiger partial charge in [-0.1, -0.05) is 148 Å². The number of amides is 1. The van der Waals surface area contributed by atoms with Gasteiger partial charge in [-0.3, -0.25) is 8.98 Å². The van der Waals surface area contributed by atoms with E-state index in [-0.39, 0.29) is 42.1 Å². The van der Waals surface area contributed by atoms with Crippen molar-refractivity contribution < 1.29 is 47.3 Å². The van der Waals surface area contributed by atoms with Crippen molar-refractivity contribution in [2.75, 3.05) is 6.61 Å². The molecule has 7 heteroatoms. The van der Waals surface area contributed by atoms with Crippen molar-refractivity contribution >= 4 is 17.3 Å². The summed E-state index contributed by atoms with van der Waals surface area (Å²) in [7, 11) is 0. The first-order valence-electron chi connectivity index (χ1n) is 14.6. The van der Waals surface area contributed by atoms with E-state index < -0.39 is 16.9 Å². The molecule has 0 rings (SSSR count). The number of rotatable bonds is 27. The van der Waals surface area contributed by atoms with Gasteiger partial charge in [0, 0.05) is 0 Å². The summed E-state index contributed by atoms with van der Waals surface area (Å²) in [5.74, 6) is -0.309. The Bertz CT molecular complexity index is 535. The first kappa shape index (κ1) is 38.4. The molecule has 0 radical (unpaired) electrons. The summed E-state index contributed by atoms with van der Waals surface area (Å²) in [6.45, 7) is 7.50. The van der Waals surface area contributed by atoms with E-state index in [2.05, 4.69) is 18.8 Å². The Morgan fingerprint density at radius 1 is 0.778 bits per heavy atom. The molecule has 36 heavy (non-hydrogen) atoms. The molecule has 5 nitrogen and oxygen atoms in total. The summed E-state index contributed by atoms with van der Waals surface area (Å²) in [4.78, 5) is 11.7. The molecular weight excluding hydrogens is 481 g/mol. The predicted octanol–water partition coefficient (Wildman–Crippen LogP) is 5.46. The van der Waals surface area contributed by atoms with Crippen molar-refractivity contribution in [3.05, 3.63) is 12.7 Å². The first-order chi connectivity index (χ1) is 16.9. The van der Waals surface area contributed by atoms with Gasteiger partial charge in [-0.05, 0) is 19.4 Å². The van der Waals surface area contributed by atoms with E-state index >= 15 is 0 Å². The van der Waals surface area contributed by atoms with Crippen LogP contribution >= 0.6 is 0 Å². The molecule has 208 valence electrons. The van der Waals surface area contributed by atoms with Gasteiger partial charge in [-0.15, -0.1) is 0 Å². The molecule has 0 heterocycles. The monoisotopic (exact) mass is 537 g/mol. The number of nitrogens with one attached hydrogen (secondary N) is 1. The zero-order valence-corrected chi connectivity index (χ0v) is 26.9. The van der Waals surface area contributed by atoms with Crippen molar-refractivity contribution in [1.82, 2.24) is 5.32 Å². The van der Waals surface area contributed by atoms with Crippen molar-refractivity contribution in [3.63, 3.8) is 0 Å². The third kappa shape index (κ3) is 27.3. The van der Waals surface area contributed by atoms with Crippen LogP contribution in [0.1, 0.15) is 155 Å². The minimum absolute atomic E-state index is 0. The molecule has 0 aliphatic rings. The van der Waals surface area contributed by atoms with E-state index in [1.807, 2.05) is 6.92 Å². The summed E-state index contributed by atoms with van der Waals surface area (Å²) in [6.07, 6.45) is 30.1. The third-order valence-electron chi connectivity index (χ3n) is 6.92. The van der Waals surface area contributed by atoms with Crippen LogP contribution in [-0.4, -0.2) is 26.8 Å². The summed E-state index contributed by atoms with van der Waals surface area (Å²) in [6, 6.07) is 0. The fourth-order valence-corrected chi connectivity index (χ4v) is 5.00. The van der Waals surface area contributed by atoms with E-state index in [4.69, 9.17) is 4.18 Å². The second-order valence-electron chi connectivity index (χ2n) is 10.5. The van der Waals surface area contributed by atoms with Gasteiger partial charge in [0.1, 0.15) is 0 Å². The normalized spacial score (nSPS) is 13.5. The van der Waals surface area contributed by atoms with Crippen LogP contribution in [0.5, 0.6) is 0 Å². The Balaban J connectivity index is 0. The molecule has 0 aromatic carbocycles. The fourth-order valence-electron chi connectivity index (χ4n) is 4.64. The summed E-state index contributed by atoms with van der Waals surface area (Å²) >= 11 is -2.58. The third-order valence-corrected chi connectivity index (χ3v) is 7.23. The van der Waals surface area contributed by atoms with Gasteiger partial charge in [-0.25, -0.2) is 4.21 Å². The van der Waals surface area contributed by atoms with E-state index in [9.17, 15) is 13.6 Å². The quantitative estimate of drug-likeness (QED) is 0.0653. The molecule has 0 aliphatic heterocycles. The van der Waals surface area contributed by atoms with Gasteiger partial charge in [0.25, 0.3) is 0 Å². The molecule has 0 aliphatic carbocycles. The van der Waals surface area contributed by atoms with Gasteiger partial charge in [0.2, 0.25) is 5.91 Å². The molecule has 0 saturated carbocycles. The zero-order valence-electron chi connectivity index (χ0n) is 24.1. The maximum Gasteiger partial charge on any atom is 1.00 e. The maximum atomic E-state index is 11.7. The summed E-state index contributed by atoms with van der Waals surface area (Å²) in [5.41, 5.74) is -0.695. The van der Waals surface area contributed by atoms with Crippen molar-refractivity contribution in [1.29, 1.82) is 0 Å². The van der Waals surface area contributed by atoms with Gasteiger partial charge < -0.3 is 9.87 Å². The first-order valence-corrected chi connectivity index (χ1v) is 15.6. The van der Waals surface area contributed by atoms with Crippen LogP contribution in [0.3, 0.4) is 0 Å². The Labute approximate surface area is 248 Å². The second-order valence-corrected chi connectivity index (χ2v) is 11.2. The second kappa shape index (κ2) is 28.3. The number of hydrogen-bond acceptors (Lipinski definition) is 4. The zero-order chi connectivity index (χ0) is 26.0. The number of unbranched alkanes of at least 4 members (excludes halogenated alkanes) is 20. The Morgan fingerprint density at radius 2 is 1.11 bits per heavy atom. The molecule has 0 fully saturated rings. The predicted molar refractivity (Wildman–Crippen MR) is 149 cm³/mol. The molecular formula is C29H56NNaO4S. The van der Waals surface area contributed by atoms with Crippen molar-refractivity contribution in [2.24, 2.45) is 0 Å². The average Bonchev–Trinajstić information content (AvgIpc) is 2.83. The SMILES string of the molecule is C=CC(=O)NC(C)(CCCCCCCCCCCCCCCCCCCCCCC)COS(=O)[O-].[Na+]. The van der Waals surface area contributed by atoms with Gasteiger partial charge in [-0.2, -0.15) is 0 Å². The van der Waals surface area contributed by atoms with E-state index in [0.717, 1.165) is 12.8 Å². The Kier molecular flexibility index (Phi) is 30.2. The molecule has 0 saturated heterocycles. The van der Waals surface area contributed by atoms with Crippen LogP contribution in [-0.2, 0) is 20.3 Å². The summed E-state index contributed by atoms with van der Waals surface area (Å²) < 4.78 is 26.1. The maximum absolute atomic E-state index is 11.7. The summed E-state index contributed by atoms with van der Waals surface area (Å²) in [5, 5.41) is 2.81. The largest absolute Gasteiger partial charge is 1.00 e. The Morgan fingerprint density at radius 3 is 1.42 bits per heavy atom. The number of carbonyl (C=O) groups is 1. The van der Waals surface area contributed by atoms with Crippen LogP contribution in [0, 0.1) is 0 Å². The standard InChI is InChI=1S/C29H57NO4S.Na/c1-4-6-7-8-9-10-11-12-13-14-15-16-17-18-19-20-21-22-23-24-25-26-29(3,27-34-35(32)33)30-28(31)5-2;/h5H,2,4,6-27H2,1,3H3,(H,30,31)(H,32,33);/q;+1/p-1. The molecule has 1 amide bonds. The van der Waals surface area contributed by atoms with Crippen LogP contribution in [0.25, 0.3) is 0 Å². The van der Waals surface area contributed by atoms with Crippen LogP contribution in [0.15, 0.2) is 12.7 Å². The minimum atomic E-state index is -2.58. The Hall–Kier alpha value is 0.280. The van der Waals surface area contributed by atoms with Gasteiger partial charge >= 0.3 is 29.6 Å². The van der Waals surface area contributed by atoms with Crippen molar-refractivity contribution in [3.8, 4) is 0 Å². The average molecular weight is 538 g/mol. The van der Waals surface area contributed by atoms with Crippen LogP contribution in [0.2, 0.25) is 0 Å². The molecule has 2 atom stereocenters. The number of carbonyl (C=O) groups excluding carboxylic acids is 1. The minimum Gasteiger partial charge on any atom is -0.750 e. The molecule has 2 unspecified atom stereocenters. The smallest absolute Gasteiger partial charge is 0.750 e. The fraction of sp³-hybridized carbons (Fsp3) is 0.897. The topological polar surface area (TPSA) is 78.5 Å². The van der Waals surface area contributed by atoms with Crippen molar-refractivity contribution in [2.45, 2.75) is 161 Å². The van der Waals surface area contributed by atoms with Gasteiger partial charge in [0.15, 0.2) is 0 Å². The van der Waals surface area contributed by atoms with Crippen LogP contribution < -0.4 is 34.9 Å².